The fourth-order valence-corrected chi connectivity index (χ4v) is 5.79. The number of phosphoric acid groups is 3. The third-order valence-electron chi connectivity index (χ3n) is 3.89. The van der Waals surface area contributed by atoms with Crippen LogP contribution in [0.25, 0.3) is 0 Å². The van der Waals surface area contributed by atoms with Gasteiger partial charge in [-0.15, -0.1) is 0 Å². The fraction of sp³-hybridized carbons (Fsp3) is 0.583. The van der Waals surface area contributed by atoms with Crippen LogP contribution in [0.3, 0.4) is 0 Å². The summed E-state index contributed by atoms with van der Waals surface area (Å²) in [5.41, 5.74) is 0.518. The monoisotopic (exact) mass is 495 g/mol. The van der Waals surface area contributed by atoms with E-state index < -0.39 is 54.5 Å². The van der Waals surface area contributed by atoms with Crippen molar-refractivity contribution in [2.75, 3.05) is 13.7 Å². The first-order chi connectivity index (χ1) is 13.6. The van der Waals surface area contributed by atoms with Crippen LogP contribution in [0.1, 0.15) is 17.4 Å². The largest absolute Gasteiger partial charge is 0.490 e. The van der Waals surface area contributed by atoms with Crippen molar-refractivity contribution in [3.8, 4) is 0 Å². The van der Waals surface area contributed by atoms with Gasteiger partial charge >= 0.3 is 23.5 Å². The van der Waals surface area contributed by atoms with Gasteiger partial charge in [-0.05, 0) is 13.0 Å². The molecule has 2 rings (SSSR count). The Kier molecular flexibility index (Phi) is 7.98. The third kappa shape index (κ3) is 6.87. The number of nitrogens with one attached hydrogen (secondary N) is 1. The number of aliphatic hydroxyl groups is 1. The lowest BCUT2D eigenvalue weighted by atomic mass is 10.0. The van der Waals surface area contributed by atoms with Crippen LogP contribution in [-0.2, 0) is 36.3 Å². The zero-order valence-electron chi connectivity index (χ0n) is 15.4. The van der Waals surface area contributed by atoms with E-state index in [0.717, 1.165) is 0 Å². The lowest BCUT2D eigenvalue weighted by molar-refractivity contribution is -0.0232. The number of phosphoric ester groups is 1. The number of methoxy groups -OCH3 is 1. The molecule has 172 valence electrons. The molecule has 6 N–H and O–H groups in total. The molecule has 1 aromatic rings. The quantitative estimate of drug-likeness (QED) is 0.245. The predicted molar refractivity (Wildman–Crippen MR) is 96.0 cm³/mol. The molecule has 1 aliphatic heterocycles. The van der Waals surface area contributed by atoms with Gasteiger partial charge in [0.2, 0.25) is 5.56 Å². The highest BCUT2D eigenvalue weighted by Gasteiger charge is 2.47. The number of rotatable bonds is 9. The van der Waals surface area contributed by atoms with Gasteiger partial charge in [-0.2, -0.15) is 8.62 Å². The van der Waals surface area contributed by atoms with Crippen molar-refractivity contribution in [3.63, 3.8) is 0 Å². The van der Waals surface area contributed by atoms with Crippen molar-refractivity contribution in [2.45, 2.75) is 31.3 Å². The maximum absolute atomic E-state index is 11.8. The second kappa shape index (κ2) is 9.39. The van der Waals surface area contributed by atoms with Crippen molar-refractivity contribution >= 4 is 23.5 Å². The van der Waals surface area contributed by atoms with Gasteiger partial charge in [0.25, 0.3) is 0 Å². The van der Waals surface area contributed by atoms with E-state index in [4.69, 9.17) is 24.2 Å². The molecular formula is C12H20NO14P3. The number of hydrogen-bond donors (Lipinski definition) is 6. The second-order valence-corrected chi connectivity index (χ2v) is 10.5. The molecule has 1 fully saturated rings. The summed E-state index contributed by atoms with van der Waals surface area (Å²) >= 11 is 0. The van der Waals surface area contributed by atoms with Crippen molar-refractivity contribution in [1.29, 1.82) is 0 Å². The molecule has 0 aliphatic carbocycles. The fourth-order valence-electron chi connectivity index (χ4n) is 2.76. The average Bonchev–Trinajstić information content (AvgIpc) is 2.85. The van der Waals surface area contributed by atoms with Crippen molar-refractivity contribution < 1.29 is 61.0 Å². The van der Waals surface area contributed by atoms with E-state index in [9.17, 15) is 28.5 Å². The Labute approximate surface area is 169 Å². The lowest BCUT2D eigenvalue weighted by Crippen LogP contribution is -2.34. The maximum atomic E-state index is 11.8. The minimum absolute atomic E-state index is 0.368. The van der Waals surface area contributed by atoms with Gasteiger partial charge < -0.3 is 39.1 Å². The number of aromatic amines is 1. The summed E-state index contributed by atoms with van der Waals surface area (Å²) in [6, 6.07) is 2.67. The van der Waals surface area contributed by atoms with E-state index in [1.54, 1.807) is 6.92 Å². The first-order valence-corrected chi connectivity index (χ1v) is 12.5. The first-order valence-electron chi connectivity index (χ1n) is 7.98. The molecule has 6 atom stereocenters. The van der Waals surface area contributed by atoms with E-state index in [1.807, 2.05) is 0 Å². The van der Waals surface area contributed by atoms with E-state index >= 15 is 0 Å². The number of ether oxygens (including phenoxy) is 2. The summed E-state index contributed by atoms with van der Waals surface area (Å²) < 4.78 is 56.2. The highest BCUT2D eigenvalue weighted by molar-refractivity contribution is 7.66. The molecule has 1 aliphatic rings. The summed E-state index contributed by atoms with van der Waals surface area (Å²) in [4.78, 5) is 49.6. The molecule has 0 bridgehead atoms. The van der Waals surface area contributed by atoms with E-state index in [-0.39, 0.29) is 5.56 Å². The van der Waals surface area contributed by atoms with Gasteiger partial charge in [-0.25, -0.2) is 13.7 Å². The Balaban J connectivity index is 2.09. The van der Waals surface area contributed by atoms with Crippen LogP contribution in [0.2, 0.25) is 0 Å². The number of H-pyrrole nitrogens is 1. The summed E-state index contributed by atoms with van der Waals surface area (Å²) in [5, 5.41) is 10.4. The molecule has 0 saturated carbocycles. The van der Waals surface area contributed by atoms with Crippen LogP contribution in [0, 0.1) is 6.92 Å². The number of hydrogen-bond acceptors (Lipinski definition) is 10. The Morgan fingerprint density at radius 2 is 1.73 bits per heavy atom. The Morgan fingerprint density at radius 3 is 2.27 bits per heavy atom. The summed E-state index contributed by atoms with van der Waals surface area (Å²) in [7, 11) is -15.3. The predicted octanol–water partition coefficient (Wildman–Crippen LogP) is -0.158. The van der Waals surface area contributed by atoms with Crippen LogP contribution in [-0.4, -0.2) is 61.7 Å². The molecule has 2 heterocycles. The first kappa shape index (κ1) is 25.5. The lowest BCUT2D eigenvalue weighted by Gasteiger charge is -2.20. The van der Waals surface area contributed by atoms with Gasteiger partial charge in [0.1, 0.15) is 24.4 Å². The second-order valence-electron chi connectivity index (χ2n) is 6.08. The minimum Gasteiger partial charge on any atom is -0.387 e. The molecule has 0 aromatic carbocycles. The van der Waals surface area contributed by atoms with E-state index in [1.165, 1.54) is 19.2 Å². The smallest absolute Gasteiger partial charge is 0.387 e. The Morgan fingerprint density at radius 1 is 1.10 bits per heavy atom. The van der Waals surface area contributed by atoms with Gasteiger partial charge in [-0.3, -0.25) is 9.32 Å². The summed E-state index contributed by atoms with van der Waals surface area (Å²) in [6.07, 6.45) is -4.55. The van der Waals surface area contributed by atoms with E-state index in [2.05, 4.69) is 18.1 Å². The van der Waals surface area contributed by atoms with Gasteiger partial charge in [0, 0.05) is 24.4 Å². The Bertz CT molecular complexity index is 958. The molecule has 18 heteroatoms. The van der Waals surface area contributed by atoms with Crippen LogP contribution < -0.4 is 5.56 Å². The Hall–Kier alpha value is -0.760. The van der Waals surface area contributed by atoms with Gasteiger partial charge in [0.05, 0.1) is 6.61 Å². The zero-order valence-corrected chi connectivity index (χ0v) is 18.1. The molecule has 15 nitrogen and oxygen atoms in total. The number of aryl methyl sites for hydroxylation is 1. The van der Waals surface area contributed by atoms with Crippen LogP contribution in [0.4, 0.5) is 0 Å². The SMILES string of the molecule is CO[C@H]1C(O)[C@@H](COP(=O)(O)OP(=O)(O)OP(=O)(O)O)O[C@H]1c1ccc(=O)[nH]c1C. The normalized spacial score (nSPS) is 28.8. The highest BCUT2D eigenvalue weighted by Crippen LogP contribution is 2.66. The van der Waals surface area contributed by atoms with Crippen LogP contribution in [0.15, 0.2) is 16.9 Å². The van der Waals surface area contributed by atoms with Gasteiger partial charge in [-0.1, -0.05) is 0 Å². The van der Waals surface area contributed by atoms with Crippen molar-refractivity contribution in [3.05, 3.63) is 33.7 Å². The number of aliphatic hydroxyl groups excluding tert-OH is 1. The minimum atomic E-state index is -5.66. The zero-order chi connectivity index (χ0) is 22.9. The van der Waals surface area contributed by atoms with Crippen LogP contribution in [0.5, 0.6) is 0 Å². The molecule has 0 amide bonds. The molecular weight excluding hydrogens is 475 g/mol. The molecule has 0 radical (unpaired) electrons. The average molecular weight is 495 g/mol. The molecule has 1 saturated heterocycles. The highest BCUT2D eigenvalue weighted by atomic mass is 31.3. The maximum Gasteiger partial charge on any atom is 0.490 e. The number of aromatic nitrogens is 1. The molecule has 1 aromatic heterocycles. The topological polar surface area (TPSA) is 231 Å². The summed E-state index contributed by atoms with van der Waals surface area (Å²) in [6.45, 7) is 0.738. The molecule has 0 spiro atoms. The number of pyridine rings is 1. The summed E-state index contributed by atoms with van der Waals surface area (Å²) in [5.74, 6) is 0. The molecule has 3 unspecified atom stereocenters. The third-order valence-corrected chi connectivity index (χ3v) is 7.69. The van der Waals surface area contributed by atoms with Crippen molar-refractivity contribution in [1.82, 2.24) is 4.98 Å². The van der Waals surface area contributed by atoms with Crippen LogP contribution >= 0.6 is 23.5 Å². The molecule has 30 heavy (non-hydrogen) atoms. The standard InChI is InChI=1S/C12H20NO14P3/c1-6-7(3-4-9(14)13-6)11-12(23-2)10(15)8(25-11)5-24-29(19,20)27-30(21,22)26-28(16,17)18/h3-4,8,10-12,15H,5H2,1-2H3,(H,13,14)(H,19,20)(H,21,22)(H2,16,17,18)/t8-,10?,11+,12+/m1/s1. The van der Waals surface area contributed by atoms with E-state index in [0.29, 0.717) is 11.3 Å². The van der Waals surface area contributed by atoms with Gasteiger partial charge in [0.15, 0.2) is 0 Å². The van der Waals surface area contributed by atoms with Crippen molar-refractivity contribution in [2.24, 2.45) is 0 Å².